The topological polar surface area (TPSA) is 72.9 Å². The lowest BCUT2D eigenvalue weighted by molar-refractivity contribution is -0.117. The zero-order valence-electron chi connectivity index (χ0n) is 12.1. The Labute approximate surface area is 129 Å². The van der Waals surface area contributed by atoms with Crippen LogP contribution in [-0.2, 0) is 4.79 Å². The molecule has 0 saturated heterocycles. The molecule has 0 bridgehead atoms. The summed E-state index contributed by atoms with van der Waals surface area (Å²) in [7, 11) is 0. The summed E-state index contributed by atoms with van der Waals surface area (Å²) in [4.78, 5) is 11.9. The Morgan fingerprint density at radius 3 is 2.86 bits per heavy atom. The first kappa shape index (κ1) is 15.5. The fourth-order valence-electron chi connectivity index (χ4n) is 2.06. The maximum Gasteiger partial charge on any atom is 0.242 e. The number of halogens is 1. The van der Waals surface area contributed by atoms with Crippen LogP contribution < -0.4 is 11.1 Å². The Balaban J connectivity index is 2.20. The number of nitrogens with one attached hydrogen (secondary N) is 1. The minimum absolute atomic E-state index is 0.222. The summed E-state index contributed by atoms with van der Waals surface area (Å²) in [5.41, 5.74) is 7.44. The first-order valence-electron chi connectivity index (χ1n) is 6.91. The molecule has 5 nitrogen and oxygen atoms in total. The molecule has 0 fully saturated rings. The lowest BCUT2D eigenvalue weighted by Gasteiger charge is -2.09. The van der Waals surface area contributed by atoms with Gasteiger partial charge >= 0.3 is 0 Å². The molecule has 1 atom stereocenters. The molecule has 1 amide bonds. The van der Waals surface area contributed by atoms with Crippen molar-refractivity contribution < 1.29 is 4.79 Å². The summed E-state index contributed by atoms with van der Waals surface area (Å²) in [6.45, 7) is 3.89. The molecule has 6 heteroatoms. The van der Waals surface area contributed by atoms with Crippen molar-refractivity contribution in [2.75, 3.05) is 5.32 Å². The van der Waals surface area contributed by atoms with Crippen molar-refractivity contribution in [3.8, 4) is 5.69 Å². The van der Waals surface area contributed by atoms with E-state index in [-0.39, 0.29) is 5.91 Å². The van der Waals surface area contributed by atoms with E-state index in [2.05, 4.69) is 10.4 Å². The molecule has 0 aliphatic rings. The summed E-state index contributed by atoms with van der Waals surface area (Å²) in [5.74, 6) is 0.254. The number of aryl methyl sites for hydroxylation is 1. The quantitative estimate of drug-likeness (QED) is 0.892. The van der Waals surface area contributed by atoms with Gasteiger partial charge in [-0.15, -0.1) is 5.10 Å². The number of carbonyl (C=O) groups is 1. The molecule has 1 aromatic carbocycles. The molecular formula is C15H19ClN4O. The van der Waals surface area contributed by atoms with Crippen molar-refractivity contribution in [1.29, 1.82) is 0 Å². The highest BCUT2D eigenvalue weighted by atomic mass is 35.5. The summed E-state index contributed by atoms with van der Waals surface area (Å²) in [5, 5.41) is 7.71. The van der Waals surface area contributed by atoms with Crippen molar-refractivity contribution in [2.24, 2.45) is 5.73 Å². The molecule has 1 unspecified atom stereocenters. The second kappa shape index (κ2) is 6.74. The Morgan fingerprint density at radius 2 is 2.19 bits per heavy atom. The van der Waals surface area contributed by atoms with E-state index in [1.54, 1.807) is 16.8 Å². The van der Waals surface area contributed by atoms with E-state index in [1.807, 2.05) is 32.0 Å². The van der Waals surface area contributed by atoms with Crippen LogP contribution in [-0.4, -0.2) is 21.7 Å². The fourth-order valence-corrected chi connectivity index (χ4v) is 2.28. The van der Waals surface area contributed by atoms with Gasteiger partial charge in [-0.1, -0.05) is 37.1 Å². The molecule has 0 spiro atoms. The molecule has 21 heavy (non-hydrogen) atoms. The second-order valence-corrected chi connectivity index (χ2v) is 5.33. The average molecular weight is 307 g/mol. The number of hydrogen-bond acceptors (Lipinski definition) is 3. The summed E-state index contributed by atoms with van der Waals surface area (Å²) >= 11 is 6.17. The maximum absolute atomic E-state index is 11.9. The van der Waals surface area contributed by atoms with Gasteiger partial charge in [-0.2, -0.15) is 0 Å². The first-order valence-corrected chi connectivity index (χ1v) is 7.28. The molecule has 2 aromatic rings. The first-order chi connectivity index (χ1) is 10.0. The number of amides is 1. The van der Waals surface area contributed by atoms with E-state index in [0.29, 0.717) is 17.3 Å². The van der Waals surface area contributed by atoms with E-state index in [0.717, 1.165) is 17.8 Å². The molecular weight excluding hydrogens is 288 g/mol. The molecule has 1 heterocycles. The number of para-hydroxylation sites is 1. The second-order valence-electron chi connectivity index (χ2n) is 4.92. The predicted molar refractivity (Wildman–Crippen MR) is 84.8 cm³/mol. The van der Waals surface area contributed by atoms with Crippen molar-refractivity contribution >= 4 is 23.3 Å². The SMILES string of the molecule is CCCC(N)C(=O)Nc1cc(C)n(-c2ccccc2Cl)n1. The van der Waals surface area contributed by atoms with Gasteiger partial charge in [-0.3, -0.25) is 4.79 Å². The molecule has 2 rings (SSSR count). The lowest BCUT2D eigenvalue weighted by Crippen LogP contribution is -2.35. The molecule has 0 radical (unpaired) electrons. The van der Waals surface area contributed by atoms with Crippen LogP contribution in [0.3, 0.4) is 0 Å². The number of benzene rings is 1. The van der Waals surface area contributed by atoms with Gasteiger partial charge in [-0.05, 0) is 25.5 Å². The predicted octanol–water partition coefficient (Wildman–Crippen LogP) is 2.90. The zero-order valence-corrected chi connectivity index (χ0v) is 12.9. The normalized spacial score (nSPS) is 12.2. The summed E-state index contributed by atoms with van der Waals surface area (Å²) < 4.78 is 1.70. The van der Waals surface area contributed by atoms with Gasteiger partial charge in [0.15, 0.2) is 5.82 Å². The lowest BCUT2D eigenvalue weighted by atomic mass is 10.2. The Bertz CT molecular complexity index is 638. The van der Waals surface area contributed by atoms with Crippen LogP contribution in [0.1, 0.15) is 25.5 Å². The molecule has 112 valence electrons. The van der Waals surface area contributed by atoms with Crippen LogP contribution in [0.5, 0.6) is 0 Å². The van der Waals surface area contributed by atoms with Gasteiger partial charge < -0.3 is 11.1 Å². The number of anilines is 1. The van der Waals surface area contributed by atoms with Crippen LogP contribution >= 0.6 is 11.6 Å². The van der Waals surface area contributed by atoms with Crippen LogP contribution in [0, 0.1) is 6.92 Å². The van der Waals surface area contributed by atoms with E-state index in [9.17, 15) is 4.79 Å². The van der Waals surface area contributed by atoms with Gasteiger partial charge in [0.2, 0.25) is 5.91 Å². The van der Waals surface area contributed by atoms with E-state index in [1.165, 1.54) is 0 Å². The van der Waals surface area contributed by atoms with Gasteiger partial charge in [0.1, 0.15) is 0 Å². The molecule has 1 aromatic heterocycles. The molecule has 0 saturated carbocycles. The van der Waals surface area contributed by atoms with Gasteiger partial charge in [0.25, 0.3) is 0 Å². The highest BCUT2D eigenvalue weighted by Crippen LogP contribution is 2.22. The Morgan fingerprint density at radius 1 is 1.48 bits per heavy atom. The zero-order chi connectivity index (χ0) is 15.4. The van der Waals surface area contributed by atoms with Gasteiger partial charge in [-0.25, -0.2) is 4.68 Å². The monoisotopic (exact) mass is 306 g/mol. The number of carbonyl (C=O) groups excluding carboxylic acids is 1. The van der Waals surface area contributed by atoms with Crippen molar-refractivity contribution in [2.45, 2.75) is 32.7 Å². The van der Waals surface area contributed by atoms with E-state index < -0.39 is 6.04 Å². The van der Waals surface area contributed by atoms with Crippen LogP contribution in [0.2, 0.25) is 5.02 Å². The van der Waals surface area contributed by atoms with Crippen LogP contribution in [0.4, 0.5) is 5.82 Å². The van der Waals surface area contributed by atoms with Gasteiger partial charge in [0.05, 0.1) is 16.8 Å². The number of hydrogen-bond donors (Lipinski definition) is 2. The van der Waals surface area contributed by atoms with Crippen LogP contribution in [0.25, 0.3) is 5.69 Å². The third-order valence-electron chi connectivity index (χ3n) is 3.16. The van der Waals surface area contributed by atoms with Crippen molar-refractivity contribution in [3.05, 3.63) is 41.0 Å². The fraction of sp³-hybridized carbons (Fsp3) is 0.333. The average Bonchev–Trinajstić information content (AvgIpc) is 2.80. The van der Waals surface area contributed by atoms with E-state index >= 15 is 0 Å². The minimum Gasteiger partial charge on any atom is -0.320 e. The highest BCUT2D eigenvalue weighted by molar-refractivity contribution is 6.32. The Hall–Kier alpha value is -1.85. The minimum atomic E-state index is -0.513. The van der Waals surface area contributed by atoms with Crippen molar-refractivity contribution in [1.82, 2.24) is 9.78 Å². The third-order valence-corrected chi connectivity index (χ3v) is 3.48. The molecule has 0 aliphatic heterocycles. The molecule has 0 aliphatic carbocycles. The largest absolute Gasteiger partial charge is 0.320 e. The Kier molecular flexibility index (Phi) is 4.98. The smallest absolute Gasteiger partial charge is 0.242 e. The third kappa shape index (κ3) is 3.62. The molecule has 3 N–H and O–H groups in total. The maximum atomic E-state index is 11.9. The summed E-state index contributed by atoms with van der Waals surface area (Å²) in [6.07, 6.45) is 1.51. The van der Waals surface area contributed by atoms with Crippen molar-refractivity contribution in [3.63, 3.8) is 0 Å². The van der Waals surface area contributed by atoms with Gasteiger partial charge in [0, 0.05) is 11.8 Å². The standard InChI is InChI=1S/C15H19ClN4O/c1-3-6-12(17)15(21)18-14-9-10(2)20(19-14)13-8-5-4-7-11(13)16/h4-5,7-9,12H,3,6,17H2,1-2H3,(H,18,19,21). The number of nitrogens with zero attached hydrogens (tertiary/aromatic N) is 2. The highest BCUT2D eigenvalue weighted by Gasteiger charge is 2.15. The summed E-state index contributed by atoms with van der Waals surface area (Å²) in [6, 6.07) is 8.69. The number of nitrogens with two attached hydrogens (primary N) is 1. The number of aromatic nitrogens is 2. The number of rotatable bonds is 5. The van der Waals surface area contributed by atoms with Crippen LogP contribution in [0.15, 0.2) is 30.3 Å². The van der Waals surface area contributed by atoms with E-state index in [4.69, 9.17) is 17.3 Å².